The van der Waals surface area contributed by atoms with Gasteiger partial charge in [0.2, 0.25) is 17.7 Å². The molecule has 2 aliphatic rings. The van der Waals surface area contributed by atoms with Gasteiger partial charge >= 0.3 is 6.03 Å². The zero-order valence-corrected chi connectivity index (χ0v) is 10.3. The Hall–Kier alpha value is -1.92. The molecule has 0 bridgehead atoms. The lowest BCUT2D eigenvalue weighted by Crippen LogP contribution is -2.61. The lowest BCUT2D eigenvalue weighted by atomic mass is 10.0. The summed E-state index contributed by atoms with van der Waals surface area (Å²) in [5.41, 5.74) is -1.09. The molecule has 1 aliphatic heterocycles. The standard InChI is InChI=1S/C11H15N3O4/c1-6(2)12-7(15)5-14-9(17)11(3-4-11)8(16)13-10(14)18/h6H,3-5H2,1-2H3,(H,12,15)(H,13,16,18). The highest BCUT2D eigenvalue weighted by molar-refractivity contribution is 6.21. The van der Waals surface area contributed by atoms with Crippen LogP contribution in [0.5, 0.6) is 0 Å². The number of barbiturate groups is 1. The number of rotatable bonds is 3. The van der Waals surface area contributed by atoms with Gasteiger partial charge in [-0.3, -0.25) is 24.6 Å². The van der Waals surface area contributed by atoms with Gasteiger partial charge in [0.1, 0.15) is 12.0 Å². The van der Waals surface area contributed by atoms with Gasteiger partial charge in [0, 0.05) is 6.04 Å². The number of carbonyl (C=O) groups is 4. The van der Waals surface area contributed by atoms with Gasteiger partial charge in [-0.25, -0.2) is 4.79 Å². The summed E-state index contributed by atoms with van der Waals surface area (Å²) in [4.78, 5) is 47.5. The van der Waals surface area contributed by atoms with Crippen molar-refractivity contribution in [2.75, 3.05) is 6.54 Å². The maximum absolute atomic E-state index is 12.0. The molecule has 98 valence electrons. The summed E-state index contributed by atoms with van der Waals surface area (Å²) in [5.74, 6) is -1.52. The topological polar surface area (TPSA) is 95.6 Å². The molecule has 2 N–H and O–H groups in total. The zero-order valence-electron chi connectivity index (χ0n) is 10.3. The second-order valence-corrected chi connectivity index (χ2v) is 4.95. The lowest BCUT2D eigenvalue weighted by Gasteiger charge is -2.29. The van der Waals surface area contributed by atoms with Crippen LogP contribution in [0.15, 0.2) is 0 Å². The second kappa shape index (κ2) is 4.08. The van der Waals surface area contributed by atoms with Crippen molar-refractivity contribution in [1.29, 1.82) is 0 Å². The Labute approximate surface area is 104 Å². The average Bonchev–Trinajstić information content (AvgIpc) is 3.02. The van der Waals surface area contributed by atoms with Crippen LogP contribution in [0, 0.1) is 5.41 Å². The molecule has 0 radical (unpaired) electrons. The molecule has 18 heavy (non-hydrogen) atoms. The summed E-state index contributed by atoms with van der Waals surface area (Å²) in [6.45, 7) is 3.21. The Bertz CT molecular complexity index is 440. The van der Waals surface area contributed by atoms with E-state index in [2.05, 4.69) is 10.6 Å². The van der Waals surface area contributed by atoms with Crippen molar-refractivity contribution >= 4 is 23.8 Å². The van der Waals surface area contributed by atoms with Crippen LogP contribution in [-0.2, 0) is 14.4 Å². The summed E-state index contributed by atoms with van der Waals surface area (Å²) in [5, 5.41) is 4.71. The Morgan fingerprint density at radius 2 is 2.00 bits per heavy atom. The predicted octanol–water partition coefficient (Wildman–Crippen LogP) is -0.630. The van der Waals surface area contributed by atoms with E-state index in [1.807, 2.05) is 0 Å². The summed E-state index contributed by atoms with van der Waals surface area (Å²) < 4.78 is 0. The molecule has 1 saturated heterocycles. The first kappa shape index (κ1) is 12.5. The highest BCUT2D eigenvalue weighted by Gasteiger charge is 2.62. The Balaban J connectivity index is 2.08. The van der Waals surface area contributed by atoms with E-state index in [0.717, 1.165) is 4.90 Å². The molecule has 0 aromatic carbocycles. The van der Waals surface area contributed by atoms with Crippen molar-refractivity contribution in [3.05, 3.63) is 0 Å². The highest BCUT2D eigenvalue weighted by atomic mass is 16.2. The van der Waals surface area contributed by atoms with Gasteiger partial charge in [0.25, 0.3) is 0 Å². The van der Waals surface area contributed by atoms with Gasteiger partial charge in [-0.2, -0.15) is 0 Å². The number of nitrogens with one attached hydrogen (secondary N) is 2. The quantitative estimate of drug-likeness (QED) is 0.654. The number of nitrogens with zero attached hydrogens (tertiary/aromatic N) is 1. The van der Waals surface area contributed by atoms with Gasteiger partial charge in [-0.15, -0.1) is 0 Å². The number of imide groups is 2. The fourth-order valence-electron chi connectivity index (χ4n) is 1.95. The zero-order chi connectivity index (χ0) is 13.5. The number of hydrogen-bond donors (Lipinski definition) is 2. The molecule has 1 saturated carbocycles. The monoisotopic (exact) mass is 253 g/mol. The molecular formula is C11H15N3O4. The van der Waals surface area contributed by atoms with Gasteiger partial charge in [-0.1, -0.05) is 0 Å². The Kier molecular flexibility index (Phi) is 2.84. The van der Waals surface area contributed by atoms with Crippen molar-refractivity contribution in [3.8, 4) is 0 Å². The molecule has 2 rings (SSSR count). The molecule has 0 atom stereocenters. The summed E-state index contributed by atoms with van der Waals surface area (Å²) in [7, 11) is 0. The minimum Gasteiger partial charge on any atom is -0.352 e. The largest absolute Gasteiger partial charge is 0.352 e. The van der Waals surface area contributed by atoms with Crippen LogP contribution in [0.4, 0.5) is 4.79 Å². The van der Waals surface area contributed by atoms with Crippen molar-refractivity contribution in [1.82, 2.24) is 15.5 Å². The number of amides is 5. The molecule has 7 nitrogen and oxygen atoms in total. The third-order valence-electron chi connectivity index (χ3n) is 3.06. The van der Waals surface area contributed by atoms with Crippen LogP contribution >= 0.6 is 0 Å². The third kappa shape index (κ3) is 1.96. The number of urea groups is 1. The van der Waals surface area contributed by atoms with Crippen molar-refractivity contribution in [2.45, 2.75) is 32.7 Å². The van der Waals surface area contributed by atoms with E-state index in [0.29, 0.717) is 12.8 Å². The Morgan fingerprint density at radius 1 is 1.39 bits per heavy atom. The molecule has 7 heteroatoms. The van der Waals surface area contributed by atoms with E-state index < -0.39 is 29.2 Å². The van der Waals surface area contributed by atoms with Gasteiger partial charge in [-0.05, 0) is 26.7 Å². The fraction of sp³-hybridized carbons (Fsp3) is 0.636. The van der Waals surface area contributed by atoms with Crippen LogP contribution in [-0.4, -0.2) is 41.2 Å². The van der Waals surface area contributed by atoms with Crippen molar-refractivity contribution in [3.63, 3.8) is 0 Å². The molecule has 1 spiro atoms. The normalized spacial score (nSPS) is 21.3. The van der Waals surface area contributed by atoms with Crippen molar-refractivity contribution in [2.24, 2.45) is 5.41 Å². The van der Waals surface area contributed by atoms with Crippen LogP contribution in [0.3, 0.4) is 0 Å². The number of hydrogen-bond acceptors (Lipinski definition) is 4. The first-order chi connectivity index (χ1) is 8.36. The van der Waals surface area contributed by atoms with Gasteiger partial charge < -0.3 is 5.32 Å². The summed E-state index contributed by atoms with van der Waals surface area (Å²) >= 11 is 0. The molecule has 0 aromatic heterocycles. The minimum absolute atomic E-state index is 0.0722. The minimum atomic E-state index is -1.09. The van der Waals surface area contributed by atoms with E-state index in [-0.39, 0.29) is 12.6 Å². The molecule has 5 amide bonds. The lowest BCUT2D eigenvalue weighted by molar-refractivity contribution is -0.146. The molecule has 1 aliphatic carbocycles. The van der Waals surface area contributed by atoms with Gasteiger partial charge in [0.15, 0.2) is 0 Å². The van der Waals surface area contributed by atoms with Crippen molar-refractivity contribution < 1.29 is 19.2 Å². The van der Waals surface area contributed by atoms with E-state index in [1.165, 1.54) is 0 Å². The molecular weight excluding hydrogens is 238 g/mol. The smallest absolute Gasteiger partial charge is 0.331 e. The third-order valence-corrected chi connectivity index (χ3v) is 3.06. The fourth-order valence-corrected chi connectivity index (χ4v) is 1.95. The maximum atomic E-state index is 12.0. The molecule has 0 unspecified atom stereocenters. The SMILES string of the molecule is CC(C)NC(=O)CN1C(=O)NC(=O)C2(CC2)C1=O. The van der Waals surface area contributed by atoms with Gasteiger partial charge in [0.05, 0.1) is 0 Å². The van der Waals surface area contributed by atoms with E-state index in [4.69, 9.17) is 0 Å². The summed E-state index contributed by atoms with van der Waals surface area (Å²) in [6.07, 6.45) is 0.875. The molecule has 2 fully saturated rings. The molecule has 0 aromatic rings. The first-order valence-electron chi connectivity index (χ1n) is 5.83. The molecule has 1 heterocycles. The van der Waals surface area contributed by atoms with Crippen LogP contribution in [0.2, 0.25) is 0 Å². The van der Waals surface area contributed by atoms with Crippen LogP contribution in [0.25, 0.3) is 0 Å². The summed E-state index contributed by atoms with van der Waals surface area (Å²) in [6, 6.07) is -0.890. The predicted molar refractivity (Wildman–Crippen MR) is 60.2 cm³/mol. The van der Waals surface area contributed by atoms with Crippen LogP contribution < -0.4 is 10.6 Å². The Morgan fingerprint density at radius 3 is 2.50 bits per heavy atom. The second-order valence-electron chi connectivity index (χ2n) is 4.95. The highest BCUT2D eigenvalue weighted by Crippen LogP contribution is 2.48. The van der Waals surface area contributed by atoms with Crippen LogP contribution in [0.1, 0.15) is 26.7 Å². The first-order valence-corrected chi connectivity index (χ1v) is 5.83. The average molecular weight is 253 g/mol. The number of carbonyl (C=O) groups excluding carboxylic acids is 4. The maximum Gasteiger partial charge on any atom is 0.331 e. The van der Waals surface area contributed by atoms with E-state index in [9.17, 15) is 19.2 Å². The van der Waals surface area contributed by atoms with E-state index >= 15 is 0 Å². The van der Waals surface area contributed by atoms with E-state index in [1.54, 1.807) is 13.8 Å².